The number of nitrogens with zero attached hydrogens (tertiary/aromatic N) is 1. The van der Waals surface area contributed by atoms with E-state index in [1.165, 1.54) is 15.9 Å². The topological polar surface area (TPSA) is 35.3 Å². The summed E-state index contributed by atoms with van der Waals surface area (Å²) in [4.78, 5) is 5.11. The minimum absolute atomic E-state index is 0.453. The van der Waals surface area contributed by atoms with Crippen molar-refractivity contribution >= 4 is 35.9 Å². The second-order valence-electron chi connectivity index (χ2n) is 7.87. The number of aromatic nitrogens is 1. The maximum absolute atomic E-state index is 9.75. The molecule has 0 fully saturated rings. The Balaban J connectivity index is 0.000000586. The van der Waals surface area contributed by atoms with Crippen LogP contribution in [0, 0.1) is 0 Å². The van der Waals surface area contributed by atoms with E-state index in [0.717, 1.165) is 11.0 Å². The van der Waals surface area contributed by atoms with Crippen LogP contribution in [0.2, 0.25) is 0 Å². The average Bonchev–Trinajstić information content (AvgIpc) is 3.35. The lowest BCUT2D eigenvalue weighted by Crippen LogP contribution is -2.39. The van der Waals surface area contributed by atoms with Crippen LogP contribution in [0.15, 0.2) is 126 Å². The Morgan fingerprint density at radius 3 is 1.32 bits per heavy atom. The molecule has 0 amide bonds. The third-order valence-electron chi connectivity index (χ3n) is 5.53. The van der Waals surface area contributed by atoms with E-state index in [-0.39, 0.29) is 0 Å². The van der Waals surface area contributed by atoms with Crippen molar-refractivity contribution in [3.05, 3.63) is 121 Å². The van der Waals surface area contributed by atoms with Gasteiger partial charge in [-0.25, -0.2) is 0 Å². The van der Waals surface area contributed by atoms with Crippen LogP contribution in [0.1, 0.15) is 0 Å². The maximum atomic E-state index is 9.75. The second-order valence-corrected chi connectivity index (χ2v) is 11.2. The summed E-state index contributed by atoms with van der Waals surface area (Å²) >= 11 is 0. The normalized spacial score (nSPS) is 11.4. The fraction of sp³-hybridized carbons (Fsp3) is 0.0357. The van der Waals surface area contributed by atoms with E-state index in [2.05, 4.69) is 72.8 Å². The predicted octanol–water partition coefficient (Wildman–Crippen LogP) is 6.27. The number of benzene rings is 4. The number of rotatable bonds is 6. The van der Waals surface area contributed by atoms with Crippen molar-refractivity contribution in [2.24, 2.45) is 0 Å². The molecule has 0 aliphatic carbocycles. The Morgan fingerprint density at radius 2 is 0.973 bits per heavy atom. The molecule has 9 heteroatoms. The predicted molar refractivity (Wildman–Crippen MR) is 143 cm³/mol. The highest BCUT2D eigenvalue weighted by Crippen LogP contribution is 2.56. The smallest absolute Gasteiger partial charge is 0.464 e. The highest BCUT2D eigenvalue weighted by molar-refractivity contribution is 8.01. The molecule has 37 heavy (non-hydrogen) atoms. The molecule has 1 heterocycles. The summed E-state index contributed by atoms with van der Waals surface area (Å²) in [5.74, 6) is 1.01. The van der Waals surface area contributed by atoms with Crippen molar-refractivity contribution in [1.29, 1.82) is 0 Å². The fourth-order valence-corrected chi connectivity index (χ4v) is 8.25. The van der Waals surface area contributed by atoms with E-state index >= 15 is 0 Å². The Hall–Kier alpha value is -3.90. The zero-order chi connectivity index (χ0) is 26.3. The zero-order valence-electron chi connectivity index (χ0n) is 19.8. The molecule has 3 nitrogen and oxygen atoms in total. The number of hydrogen-bond donors (Lipinski definition) is 0. The molecule has 0 unspecified atom stereocenters. The lowest BCUT2D eigenvalue weighted by molar-refractivity contribution is 0.312. The maximum Gasteiger partial charge on any atom is 0.673 e. The van der Waals surface area contributed by atoms with E-state index in [4.69, 9.17) is 14.1 Å². The molecule has 0 N–H and O–H groups in total. The van der Waals surface area contributed by atoms with Gasteiger partial charge in [0.15, 0.2) is 7.26 Å². The minimum Gasteiger partial charge on any atom is -0.464 e. The Labute approximate surface area is 213 Å². The number of methoxy groups -OCH3 is 1. The molecule has 4 aromatic carbocycles. The van der Waals surface area contributed by atoms with Gasteiger partial charge in [-0.2, -0.15) is 4.98 Å². The number of hydrogen-bond acceptors (Lipinski definition) is 3. The van der Waals surface area contributed by atoms with Crippen molar-refractivity contribution in [2.75, 3.05) is 7.11 Å². The van der Waals surface area contributed by atoms with Gasteiger partial charge in [-0.1, -0.05) is 72.8 Å². The molecule has 0 spiro atoms. The van der Waals surface area contributed by atoms with Crippen molar-refractivity contribution in [2.45, 2.75) is 0 Å². The van der Waals surface area contributed by atoms with Crippen LogP contribution >= 0.6 is 7.26 Å². The average molecular weight is 523 g/mol. The highest BCUT2D eigenvalue weighted by atomic mass is 31.2. The van der Waals surface area contributed by atoms with Gasteiger partial charge in [0.25, 0.3) is 5.44 Å². The van der Waals surface area contributed by atoms with E-state index < -0.39 is 14.5 Å². The molecule has 0 aliphatic rings. The van der Waals surface area contributed by atoms with Crippen LogP contribution in [0.3, 0.4) is 0 Å². The molecule has 0 bridgehead atoms. The molecule has 0 saturated heterocycles. The first kappa shape index (κ1) is 26.2. The summed E-state index contributed by atoms with van der Waals surface area (Å²) in [7, 11) is -6.74. The molecule has 0 aliphatic heterocycles. The van der Waals surface area contributed by atoms with Gasteiger partial charge >= 0.3 is 13.2 Å². The molecule has 188 valence electrons. The monoisotopic (exact) mass is 523 g/mol. The summed E-state index contributed by atoms with van der Waals surface area (Å²) in [6.07, 6.45) is 0. The quantitative estimate of drug-likeness (QED) is 0.150. The SMILES string of the molecule is COc1oc(-c2ccccc2)nc1[P+](c1ccccc1)(c1ccccc1)c1ccccc1.F[B-](F)(F)F. The Kier molecular flexibility index (Phi) is 8.09. The van der Waals surface area contributed by atoms with Crippen molar-refractivity contribution in [3.63, 3.8) is 0 Å². The van der Waals surface area contributed by atoms with Gasteiger partial charge in [0, 0.05) is 5.56 Å². The van der Waals surface area contributed by atoms with Crippen molar-refractivity contribution in [1.82, 2.24) is 4.98 Å². The molecule has 5 rings (SSSR count). The van der Waals surface area contributed by atoms with Gasteiger partial charge < -0.3 is 26.4 Å². The summed E-state index contributed by atoms with van der Waals surface area (Å²) < 4.78 is 51.0. The number of ether oxygens (including phenoxy) is 1. The Morgan fingerprint density at radius 1 is 0.622 bits per heavy atom. The van der Waals surface area contributed by atoms with Crippen LogP contribution in [0.5, 0.6) is 5.95 Å². The molecule has 0 atom stereocenters. The lowest BCUT2D eigenvalue weighted by Gasteiger charge is -2.25. The van der Waals surface area contributed by atoms with Gasteiger partial charge in [0.1, 0.15) is 15.9 Å². The van der Waals surface area contributed by atoms with Crippen LogP contribution in [0.25, 0.3) is 11.5 Å². The summed E-state index contributed by atoms with van der Waals surface area (Å²) in [6.45, 7) is 0. The van der Waals surface area contributed by atoms with Crippen molar-refractivity contribution in [3.8, 4) is 17.4 Å². The first-order chi connectivity index (χ1) is 17.8. The second kappa shape index (κ2) is 11.4. The lowest BCUT2D eigenvalue weighted by atomic mass is 10.2. The summed E-state index contributed by atoms with van der Waals surface area (Å²) in [5, 5.41) is 3.59. The number of oxazole rings is 1. The summed E-state index contributed by atoms with van der Waals surface area (Å²) in [5.41, 5.74) is 1.76. The first-order valence-corrected chi connectivity index (χ1v) is 13.2. The van der Waals surface area contributed by atoms with E-state index in [0.29, 0.717) is 11.8 Å². The van der Waals surface area contributed by atoms with Crippen LogP contribution in [0.4, 0.5) is 17.3 Å². The van der Waals surface area contributed by atoms with E-state index in [1.54, 1.807) is 7.11 Å². The van der Waals surface area contributed by atoms with Gasteiger partial charge in [-0.3, -0.25) is 0 Å². The zero-order valence-corrected chi connectivity index (χ0v) is 20.7. The first-order valence-electron chi connectivity index (χ1n) is 11.4. The van der Waals surface area contributed by atoms with Gasteiger partial charge in [-0.15, -0.1) is 0 Å². The summed E-state index contributed by atoms with van der Waals surface area (Å²) in [6, 6.07) is 41.7. The molecule has 5 aromatic rings. The third kappa shape index (κ3) is 5.92. The van der Waals surface area contributed by atoms with Crippen LogP contribution in [-0.2, 0) is 0 Å². The van der Waals surface area contributed by atoms with E-state index in [1.807, 2.05) is 48.5 Å². The molecule has 0 radical (unpaired) electrons. The van der Waals surface area contributed by atoms with E-state index in [9.17, 15) is 17.3 Å². The standard InChI is InChI=1S/C28H23NO2P.BF4/c1-30-28-27(29-26(31-28)22-14-6-2-7-15-22)32(23-16-8-3-9-17-23,24-18-10-4-11-19-24)25-20-12-5-13-21-25;2-1(3,4)5/h2-21H,1H3;/q+1;-1. The number of halogens is 4. The third-order valence-corrected chi connectivity index (χ3v) is 9.67. The Bertz CT molecular complexity index is 1300. The minimum atomic E-state index is -6.00. The van der Waals surface area contributed by atoms with Crippen LogP contribution < -0.4 is 26.1 Å². The highest BCUT2D eigenvalue weighted by Gasteiger charge is 2.53. The molecular formula is C28H23BF4NO2P. The fourth-order valence-electron chi connectivity index (χ4n) is 4.12. The van der Waals surface area contributed by atoms with Gasteiger partial charge in [0.2, 0.25) is 5.89 Å². The largest absolute Gasteiger partial charge is 0.673 e. The van der Waals surface area contributed by atoms with Crippen molar-refractivity contribution < 1.29 is 26.4 Å². The van der Waals surface area contributed by atoms with Gasteiger partial charge in [0.05, 0.1) is 7.11 Å². The molecule has 0 saturated carbocycles. The molecule has 1 aromatic heterocycles. The molecular weight excluding hydrogens is 500 g/mol. The van der Waals surface area contributed by atoms with Crippen LogP contribution in [-0.4, -0.2) is 19.3 Å². The van der Waals surface area contributed by atoms with Gasteiger partial charge in [-0.05, 0) is 48.5 Å².